The van der Waals surface area contributed by atoms with Crippen LogP contribution in [0.2, 0.25) is 0 Å². The Morgan fingerprint density at radius 3 is 2.25 bits per heavy atom. The second-order valence-corrected chi connectivity index (χ2v) is 8.01. The summed E-state index contributed by atoms with van der Waals surface area (Å²) in [6.07, 6.45) is -5.61. The third-order valence-corrected chi connectivity index (χ3v) is 4.86. The van der Waals surface area contributed by atoms with E-state index in [0.29, 0.717) is 17.0 Å². The van der Waals surface area contributed by atoms with Crippen molar-refractivity contribution in [2.75, 3.05) is 7.11 Å². The molecule has 3 nitrogen and oxygen atoms in total. The molecule has 1 aromatic carbocycles. The fourth-order valence-corrected chi connectivity index (χ4v) is 3.69. The van der Waals surface area contributed by atoms with Crippen LogP contribution in [-0.4, -0.2) is 23.8 Å². The van der Waals surface area contributed by atoms with Gasteiger partial charge < -0.3 is 10.5 Å². The molecule has 0 aliphatic heterocycles. The molecule has 2 aromatic rings. The minimum Gasteiger partial charge on any atom is -0.496 e. The van der Waals surface area contributed by atoms with Crippen molar-refractivity contribution in [3.8, 4) is 5.75 Å². The fraction of sp³-hybridized carbons (Fsp3) is 0.476. The van der Waals surface area contributed by atoms with E-state index < -0.39 is 35.8 Å². The molecule has 0 aliphatic rings. The van der Waals surface area contributed by atoms with Crippen LogP contribution in [-0.2, 0) is 11.8 Å². The number of hydrogen-bond acceptors (Lipinski definition) is 3. The monoisotopic (exact) mass is 398 g/mol. The van der Waals surface area contributed by atoms with Crippen LogP contribution in [0, 0.1) is 19.7 Å². The van der Waals surface area contributed by atoms with Crippen LogP contribution in [0.4, 0.5) is 17.6 Å². The number of alkyl halides is 3. The van der Waals surface area contributed by atoms with Gasteiger partial charge in [-0.15, -0.1) is 0 Å². The lowest BCUT2D eigenvalue weighted by Gasteiger charge is -2.39. The first kappa shape index (κ1) is 22.1. The highest BCUT2D eigenvalue weighted by atomic mass is 19.4. The van der Waals surface area contributed by atoms with Gasteiger partial charge in [-0.2, -0.15) is 13.2 Å². The number of halogens is 4. The topological polar surface area (TPSA) is 48.1 Å². The number of methoxy groups -OCH3 is 1. The summed E-state index contributed by atoms with van der Waals surface area (Å²) in [5, 5.41) is 0. The molecule has 0 spiro atoms. The minimum atomic E-state index is -4.68. The third kappa shape index (κ3) is 4.82. The van der Waals surface area contributed by atoms with Crippen molar-refractivity contribution in [3.63, 3.8) is 0 Å². The van der Waals surface area contributed by atoms with Crippen LogP contribution in [0.5, 0.6) is 5.75 Å². The summed E-state index contributed by atoms with van der Waals surface area (Å²) in [5.41, 5.74) is 4.38. The van der Waals surface area contributed by atoms with Crippen molar-refractivity contribution in [1.29, 1.82) is 0 Å². The lowest BCUT2D eigenvalue weighted by molar-refractivity contribution is -0.191. The molecule has 0 saturated carbocycles. The van der Waals surface area contributed by atoms with E-state index in [1.165, 1.54) is 25.3 Å². The summed E-state index contributed by atoms with van der Waals surface area (Å²) >= 11 is 0. The van der Waals surface area contributed by atoms with E-state index in [9.17, 15) is 17.6 Å². The number of aromatic nitrogens is 1. The molecule has 0 saturated heterocycles. The SMILES string of the molecule is COc1ccc(F)cc1C(C)(C)CC(N)(Cc1cc(C)cc(C)n1)C(F)(F)F. The Labute approximate surface area is 162 Å². The molecule has 1 heterocycles. The van der Waals surface area contributed by atoms with Gasteiger partial charge >= 0.3 is 6.18 Å². The second-order valence-electron chi connectivity index (χ2n) is 8.01. The number of rotatable bonds is 6. The number of hydrogen-bond donors (Lipinski definition) is 1. The zero-order valence-electron chi connectivity index (χ0n) is 16.7. The Kier molecular flexibility index (Phi) is 6.09. The predicted octanol–water partition coefficient (Wildman–Crippen LogP) is 5.02. The van der Waals surface area contributed by atoms with Gasteiger partial charge in [-0.25, -0.2) is 4.39 Å². The number of pyridine rings is 1. The summed E-state index contributed by atoms with van der Waals surface area (Å²) in [4.78, 5) is 4.22. The highest BCUT2D eigenvalue weighted by Gasteiger charge is 2.54. The van der Waals surface area contributed by atoms with Crippen molar-refractivity contribution in [1.82, 2.24) is 4.98 Å². The van der Waals surface area contributed by atoms with Crippen LogP contribution in [0.3, 0.4) is 0 Å². The molecule has 28 heavy (non-hydrogen) atoms. The predicted molar refractivity (Wildman–Crippen MR) is 101 cm³/mol. The highest BCUT2D eigenvalue weighted by Crippen LogP contribution is 2.43. The second kappa shape index (κ2) is 7.70. The Bertz CT molecular complexity index is 829. The summed E-state index contributed by atoms with van der Waals surface area (Å²) in [5.74, 6) is -0.227. The van der Waals surface area contributed by atoms with Gasteiger partial charge in [-0.05, 0) is 61.6 Å². The third-order valence-electron chi connectivity index (χ3n) is 4.86. The molecule has 154 valence electrons. The van der Waals surface area contributed by atoms with Crippen molar-refractivity contribution in [2.45, 2.75) is 57.7 Å². The van der Waals surface area contributed by atoms with Crippen LogP contribution in [0.1, 0.15) is 42.8 Å². The van der Waals surface area contributed by atoms with Gasteiger partial charge in [-0.1, -0.05) is 13.8 Å². The van der Waals surface area contributed by atoms with E-state index in [-0.39, 0.29) is 5.69 Å². The molecule has 1 unspecified atom stereocenters. The largest absolute Gasteiger partial charge is 0.496 e. The number of nitrogens with zero attached hydrogens (tertiary/aromatic N) is 1. The number of ether oxygens (including phenoxy) is 1. The highest BCUT2D eigenvalue weighted by molar-refractivity contribution is 5.40. The Morgan fingerprint density at radius 1 is 1.07 bits per heavy atom. The molecule has 0 radical (unpaired) electrons. The van der Waals surface area contributed by atoms with Crippen LogP contribution < -0.4 is 10.5 Å². The van der Waals surface area contributed by atoms with Crippen LogP contribution in [0.15, 0.2) is 30.3 Å². The Balaban J connectivity index is 2.47. The molecular formula is C21H26F4N2O. The van der Waals surface area contributed by atoms with E-state index in [1.807, 2.05) is 0 Å². The van der Waals surface area contributed by atoms with Crippen LogP contribution >= 0.6 is 0 Å². The van der Waals surface area contributed by atoms with Gasteiger partial charge in [0.25, 0.3) is 0 Å². The van der Waals surface area contributed by atoms with Gasteiger partial charge in [0.15, 0.2) is 0 Å². The van der Waals surface area contributed by atoms with Crippen LogP contribution in [0.25, 0.3) is 0 Å². The van der Waals surface area contributed by atoms with E-state index >= 15 is 0 Å². The van der Waals surface area contributed by atoms with Crippen molar-refractivity contribution in [3.05, 3.63) is 58.7 Å². The van der Waals surface area contributed by atoms with Gasteiger partial charge in [-0.3, -0.25) is 4.98 Å². The Hall–Kier alpha value is -2.15. The maximum atomic E-state index is 14.0. The van der Waals surface area contributed by atoms with Gasteiger partial charge in [0, 0.05) is 23.4 Å². The van der Waals surface area contributed by atoms with E-state index in [1.54, 1.807) is 39.8 Å². The molecule has 7 heteroatoms. The average molecular weight is 398 g/mol. The molecule has 1 aromatic heterocycles. The fourth-order valence-electron chi connectivity index (χ4n) is 3.69. The first-order valence-electron chi connectivity index (χ1n) is 8.91. The zero-order chi connectivity index (χ0) is 21.3. The standard InChI is InChI=1S/C21H26F4N2O/c1-13-8-14(2)27-16(9-13)11-20(26,21(23,24)25)12-19(3,4)17-10-15(22)6-7-18(17)28-5/h6-10H,11-12,26H2,1-5H3. The van der Waals surface area contributed by atoms with Gasteiger partial charge in [0.05, 0.1) is 7.11 Å². The summed E-state index contributed by atoms with van der Waals surface area (Å²) in [6, 6.07) is 7.21. The number of benzene rings is 1. The molecule has 0 amide bonds. The first-order chi connectivity index (χ1) is 12.8. The van der Waals surface area contributed by atoms with Crippen molar-refractivity contribution in [2.24, 2.45) is 5.73 Å². The molecular weight excluding hydrogens is 372 g/mol. The summed E-state index contributed by atoms with van der Waals surface area (Å²) in [7, 11) is 1.39. The summed E-state index contributed by atoms with van der Waals surface area (Å²) in [6.45, 7) is 6.73. The number of nitrogens with two attached hydrogens (primary N) is 1. The lowest BCUT2D eigenvalue weighted by atomic mass is 9.72. The molecule has 2 rings (SSSR count). The van der Waals surface area contributed by atoms with Gasteiger partial charge in [0.1, 0.15) is 17.1 Å². The molecule has 0 bridgehead atoms. The van der Waals surface area contributed by atoms with Crippen molar-refractivity contribution < 1.29 is 22.3 Å². The quantitative estimate of drug-likeness (QED) is 0.696. The minimum absolute atomic E-state index is 0.277. The van der Waals surface area contributed by atoms with Gasteiger partial charge in [0.2, 0.25) is 0 Å². The zero-order valence-corrected chi connectivity index (χ0v) is 16.7. The van der Waals surface area contributed by atoms with E-state index in [0.717, 1.165) is 5.56 Å². The average Bonchev–Trinajstić information content (AvgIpc) is 2.52. The first-order valence-corrected chi connectivity index (χ1v) is 8.91. The van der Waals surface area contributed by atoms with Crippen molar-refractivity contribution >= 4 is 0 Å². The molecule has 0 fully saturated rings. The molecule has 1 atom stereocenters. The molecule has 0 aliphatic carbocycles. The number of aryl methyl sites for hydroxylation is 2. The summed E-state index contributed by atoms with van der Waals surface area (Å²) < 4.78 is 61.2. The maximum absolute atomic E-state index is 14.0. The molecule has 2 N–H and O–H groups in total. The van der Waals surface area contributed by atoms with E-state index in [2.05, 4.69) is 4.98 Å². The maximum Gasteiger partial charge on any atom is 0.406 e. The smallest absolute Gasteiger partial charge is 0.406 e. The van der Waals surface area contributed by atoms with E-state index in [4.69, 9.17) is 10.5 Å². The normalized spacial score (nSPS) is 14.6. The lowest BCUT2D eigenvalue weighted by Crippen LogP contribution is -2.58. The Morgan fingerprint density at radius 2 is 1.71 bits per heavy atom.